The molecule has 1 atom stereocenters. The Hall–Kier alpha value is -0.580. The summed E-state index contributed by atoms with van der Waals surface area (Å²) in [5.74, 6) is 0.435. The molecule has 0 aromatic carbocycles. The Bertz CT molecular complexity index is 377. The first kappa shape index (κ1) is 15.5. The highest BCUT2D eigenvalue weighted by Gasteiger charge is 2.31. The Morgan fingerprint density at radius 1 is 1.22 bits per heavy atom. The van der Waals surface area contributed by atoms with E-state index in [1.165, 1.54) is 0 Å². The molecular formula is C13H25NO3S. The lowest BCUT2D eigenvalue weighted by Crippen LogP contribution is -2.47. The Balaban J connectivity index is 2.52. The van der Waals surface area contributed by atoms with E-state index >= 15 is 0 Å². The van der Waals surface area contributed by atoms with Gasteiger partial charge in [-0.2, -0.15) is 0 Å². The molecule has 1 amide bonds. The molecule has 106 valence electrons. The second kappa shape index (κ2) is 6.04. The number of carbonyl (C=O) groups is 1. The average Bonchev–Trinajstić information content (AvgIpc) is 2.65. The second-order valence-corrected chi connectivity index (χ2v) is 7.59. The number of carbonyl (C=O) groups excluding carboxylic acids is 1. The van der Waals surface area contributed by atoms with Gasteiger partial charge in [0.25, 0.3) is 0 Å². The molecule has 0 aromatic heterocycles. The molecule has 1 rings (SSSR count). The van der Waals surface area contributed by atoms with E-state index in [9.17, 15) is 13.2 Å². The van der Waals surface area contributed by atoms with Gasteiger partial charge < -0.3 is 5.32 Å². The van der Waals surface area contributed by atoms with Crippen LogP contribution in [0.5, 0.6) is 0 Å². The minimum atomic E-state index is -2.88. The van der Waals surface area contributed by atoms with E-state index in [1.807, 2.05) is 0 Å². The van der Waals surface area contributed by atoms with Crippen LogP contribution in [0.1, 0.15) is 52.9 Å². The van der Waals surface area contributed by atoms with Crippen molar-refractivity contribution in [3.8, 4) is 0 Å². The number of amides is 1. The van der Waals surface area contributed by atoms with Crippen molar-refractivity contribution >= 4 is 15.7 Å². The molecule has 0 radical (unpaired) electrons. The summed E-state index contributed by atoms with van der Waals surface area (Å²) in [6.45, 7) is 6.23. The summed E-state index contributed by atoms with van der Waals surface area (Å²) in [5, 5.41) is 3.10. The number of rotatable bonds is 6. The van der Waals surface area contributed by atoms with Crippen LogP contribution in [0.2, 0.25) is 0 Å². The minimum Gasteiger partial charge on any atom is -0.351 e. The van der Waals surface area contributed by atoms with Crippen molar-refractivity contribution in [1.82, 2.24) is 5.32 Å². The molecule has 18 heavy (non-hydrogen) atoms. The van der Waals surface area contributed by atoms with E-state index in [0.29, 0.717) is 12.8 Å². The lowest BCUT2D eigenvalue weighted by atomic mass is 9.89. The molecule has 1 heterocycles. The van der Waals surface area contributed by atoms with Crippen LogP contribution in [0.15, 0.2) is 0 Å². The highest BCUT2D eigenvalue weighted by Crippen LogP contribution is 2.23. The molecule has 1 aliphatic heterocycles. The van der Waals surface area contributed by atoms with Crippen LogP contribution >= 0.6 is 0 Å². The zero-order valence-electron chi connectivity index (χ0n) is 11.7. The quantitative estimate of drug-likeness (QED) is 0.805. The maximum absolute atomic E-state index is 12.0. The zero-order valence-corrected chi connectivity index (χ0v) is 12.5. The monoisotopic (exact) mass is 275 g/mol. The van der Waals surface area contributed by atoms with Crippen molar-refractivity contribution in [3.05, 3.63) is 0 Å². The van der Waals surface area contributed by atoms with E-state index in [1.54, 1.807) is 0 Å². The number of hydrogen-bond donors (Lipinski definition) is 1. The van der Waals surface area contributed by atoms with Crippen LogP contribution in [0.3, 0.4) is 0 Å². The Labute approximate surface area is 110 Å². The SMILES string of the molecule is CCC(CC)(CC)NC(=O)C[C@H]1CCS(=O)(=O)C1. The van der Waals surface area contributed by atoms with Gasteiger partial charge in [-0.15, -0.1) is 0 Å². The van der Waals surface area contributed by atoms with Gasteiger partial charge in [-0.1, -0.05) is 20.8 Å². The smallest absolute Gasteiger partial charge is 0.220 e. The molecule has 1 aliphatic rings. The van der Waals surface area contributed by atoms with Crippen molar-refractivity contribution in [2.75, 3.05) is 11.5 Å². The van der Waals surface area contributed by atoms with Gasteiger partial charge in [0.2, 0.25) is 5.91 Å². The summed E-state index contributed by atoms with van der Waals surface area (Å²) in [6.07, 6.45) is 3.71. The largest absolute Gasteiger partial charge is 0.351 e. The van der Waals surface area contributed by atoms with Gasteiger partial charge in [0, 0.05) is 12.0 Å². The minimum absolute atomic E-state index is 0.00245. The lowest BCUT2D eigenvalue weighted by Gasteiger charge is -2.32. The van der Waals surface area contributed by atoms with Gasteiger partial charge in [0.05, 0.1) is 11.5 Å². The predicted octanol–water partition coefficient (Wildman–Crippen LogP) is 1.90. The summed E-state index contributed by atoms with van der Waals surface area (Å²) in [4.78, 5) is 12.0. The summed E-state index contributed by atoms with van der Waals surface area (Å²) < 4.78 is 22.7. The maximum atomic E-state index is 12.0. The molecule has 1 saturated heterocycles. The van der Waals surface area contributed by atoms with Crippen LogP contribution in [-0.2, 0) is 14.6 Å². The maximum Gasteiger partial charge on any atom is 0.220 e. The molecule has 0 spiro atoms. The molecular weight excluding hydrogens is 250 g/mol. The van der Waals surface area contributed by atoms with Gasteiger partial charge in [-0.05, 0) is 31.6 Å². The first-order valence-corrected chi connectivity index (χ1v) is 8.70. The molecule has 0 bridgehead atoms. The molecule has 0 unspecified atom stereocenters. The molecule has 0 aromatic rings. The van der Waals surface area contributed by atoms with Crippen LogP contribution in [0.4, 0.5) is 0 Å². The fraction of sp³-hybridized carbons (Fsp3) is 0.923. The normalized spacial score (nSPS) is 22.9. The lowest BCUT2D eigenvalue weighted by molar-refractivity contribution is -0.124. The van der Waals surface area contributed by atoms with E-state index in [-0.39, 0.29) is 28.9 Å². The molecule has 4 nitrogen and oxygen atoms in total. The standard InChI is InChI=1S/C13H25NO3S/c1-4-13(5-2,6-3)14-12(15)9-11-7-8-18(16,17)10-11/h11H,4-10H2,1-3H3,(H,14,15)/t11-/m1/s1. The molecule has 5 heteroatoms. The number of nitrogens with one attached hydrogen (secondary N) is 1. The third kappa shape index (κ3) is 3.97. The van der Waals surface area contributed by atoms with Crippen molar-refractivity contribution < 1.29 is 13.2 Å². The third-order valence-electron chi connectivity index (χ3n) is 4.24. The summed E-state index contributed by atoms with van der Waals surface area (Å²) in [6, 6.07) is 0. The van der Waals surface area contributed by atoms with Crippen molar-refractivity contribution in [2.45, 2.75) is 58.4 Å². The zero-order chi connectivity index (χ0) is 13.8. The molecule has 0 saturated carbocycles. The Kier molecular flexibility index (Phi) is 5.20. The Morgan fingerprint density at radius 2 is 1.78 bits per heavy atom. The molecule has 0 aliphatic carbocycles. The topological polar surface area (TPSA) is 63.2 Å². The van der Waals surface area contributed by atoms with Crippen LogP contribution < -0.4 is 5.32 Å². The molecule has 1 N–H and O–H groups in total. The highest BCUT2D eigenvalue weighted by molar-refractivity contribution is 7.91. The van der Waals surface area contributed by atoms with E-state index in [0.717, 1.165) is 19.3 Å². The fourth-order valence-electron chi connectivity index (χ4n) is 2.66. The van der Waals surface area contributed by atoms with Crippen molar-refractivity contribution in [2.24, 2.45) is 5.92 Å². The van der Waals surface area contributed by atoms with Gasteiger partial charge in [-0.3, -0.25) is 4.79 Å². The van der Waals surface area contributed by atoms with Crippen LogP contribution in [0, 0.1) is 5.92 Å². The molecule has 1 fully saturated rings. The average molecular weight is 275 g/mol. The van der Waals surface area contributed by atoms with E-state index in [2.05, 4.69) is 26.1 Å². The first-order valence-electron chi connectivity index (χ1n) is 6.88. The summed E-state index contributed by atoms with van der Waals surface area (Å²) in [7, 11) is -2.88. The van der Waals surface area contributed by atoms with E-state index in [4.69, 9.17) is 0 Å². The second-order valence-electron chi connectivity index (χ2n) is 5.36. The summed E-state index contributed by atoms with van der Waals surface area (Å²) in [5.41, 5.74) is -0.117. The van der Waals surface area contributed by atoms with Gasteiger partial charge in [0.1, 0.15) is 0 Å². The Morgan fingerprint density at radius 3 is 2.17 bits per heavy atom. The fourth-order valence-corrected chi connectivity index (χ4v) is 4.52. The highest BCUT2D eigenvalue weighted by atomic mass is 32.2. The van der Waals surface area contributed by atoms with Gasteiger partial charge in [0.15, 0.2) is 9.84 Å². The summed E-state index contributed by atoms with van der Waals surface area (Å²) >= 11 is 0. The first-order chi connectivity index (χ1) is 8.36. The van der Waals surface area contributed by atoms with Crippen LogP contribution in [0.25, 0.3) is 0 Å². The van der Waals surface area contributed by atoms with Gasteiger partial charge in [-0.25, -0.2) is 8.42 Å². The van der Waals surface area contributed by atoms with Crippen LogP contribution in [-0.4, -0.2) is 31.4 Å². The number of hydrogen-bond acceptors (Lipinski definition) is 3. The number of sulfone groups is 1. The van der Waals surface area contributed by atoms with Crippen molar-refractivity contribution in [1.29, 1.82) is 0 Å². The third-order valence-corrected chi connectivity index (χ3v) is 6.07. The van der Waals surface area contributed by atoms with Gasteiger partial charge >= 0.3 is 0 Å². The predicted molar refractivity (Wildman–Crippen MR) is 73.1 cm³/mol. The van der Waals surface area contributed by atoms with E-state index < -0.39 is 9.84 Å². The van der Waals surface area contributed by atoms with Crippen molar-refractivity contribution in [3.63, 3.8) is 0 Å².